The predicted octanol–water partition coefficient (Wildman–Crippen LogP) is -0.530. The van der Waals surface area contributed by atoms with E-state index in [9.17, 15) is 25.5 Å². The fourth-order valence-electron chi connectivity index (χ4n) is 3.85. The maximum Gasteiger partial charge on any atom is 0.222 e. The minimum absolute atomic E-state index is 0.0852. The van der Waals surface area contributed by atoms with Gasteiger partial charge in [0.15, 0.2) is 0 Å². The molecule has 1 aliphatic heterocycles. The van der Waals surface area contributed by atoms with Gasteiger partial charge in [-0.15, -0.1) is 0 Å². The number of rotatable bonds is 5. The second kappa shape index (κ2) is 9.12. The standard InChI is InChI=1S/C23H26N4O6/c24-10-12-1-3-13(4-2-12)16-9-17(27-22(25)26-16)14-5-7-15(8-6-14)23(32)21(31)20(30)19(29)18(11-28)33-23/h1-9,18-21,28-32H,10-11,24H2,(H2,25,26,27)/t18-,19-,20-,21-,23-/m1/s1. The molecule has 9 N–H and O–H groups in total. The van der Waals surface area contributed by atoms with Gasteiger partial charge in [0, 0.05) is 23.2 Å². The molecule has 4 rings (SSSR count). The average molecular weight is 454 g/mol. The van der Waals surface area contributed by atoms with E-state index in [0.717, 1.165) is 11.1 Å². The third kappa shape index (κ3) is 4.33. The average Bonchev–Trinajstić information content (AvgIpc) is 2.84. The van der Waals surface area contributed by atoms with Crippen LogP contribution in [0, 0.1) is 0 Å². The number of anilines is 1. The van der Waals surface area contributed by atoms with Crippen molar-refractivity contribution in [3.05, 3.63) is 65.7 Å². The number of aromatic nitrogens is 2. The van der Waals surface area contributed by atoms with Gasteiger partial charge in [-0.2, -0.15) is 0 Å². The fraction of sp³-hybridized carbons (Fsp3) is 0.304. The fourth-order valence-corrected chi connectivity index (χ4v) is 3.85. The molecule has 1 saturated heterocycles. The highest BCUT2D eigenvalue weighted by atomic mass is 16.7. The van der Waals surface area contributed by atoms with Crippen molar-refractivity contribution in [1.82, 2.24) is 9.97 Å². The molecule has 0 unspecified atom stereocenters. The van der Waals surface area contributed by atoms with Gasteiger partial charge >= 0.3 is 0 Å². The van der Waals surface area contributed by atoms with Gasteiger partial charge < -0.3 is 41.7 Å². The van der Waals surface area contributed by atoms with Crippen LogP contribution in [0.4, 0.5) is 5.95 Å². The molecule has 1 aromatic heterocycles. The molecule has 0 amide bonds. The minimum Gasteiger partial charge on any atom is -0.394 e. The highest BCUT2D eigenvalue weighted by Gasteiger charge is 2.53. The summed E-state index contributed by atoms with van der Waals surface area (Å²) < 4.78 is 5.36. The van der Waals surface area contributed by atoms with Gasteiger partial charge in [0.05, 0.1) is 18.0 Å². The van der Waals surface area contributed by atoms with E-state index in [1.807, 2.05) is 24.3 Å². The van der Waals surface area contributed by atoms with Gasteiger partial charge in [-0.05, 0) is 11.6 Å². The van der Waals surface area contributed by atoms with Crippen molar-refractivity contribution in [3.63, 3.8) is 0 Å². The monoisotopic (exact) mass is 454 g/mol. The molecule has 0 spiro atoms. The Morgan fingerprint density at radius 3 is 1.94 bits per heavy atom. The maximum absolute atomic E-state index is 10.9. The number of aliphatic hydroxyl groups excluding tert-OH is 4. The molecule has 0 bridgehead atoms. The van der Waals surface area contributed by atoms with E-state index in [1.165, 1.54) is 12.1 Å². The summed E-state index contributed by atoms with van der Waals surface area (Å²) in [5.41, 5.74) is 15.3. The quantitative estimate of drug-likeness (QED) is 0.264. The zero-order valence-electron chi connectivity index (χ0n) is 17.6. The molecule has 1 fully saturated rings. The number of nitrogen functional groups attached to an aromatic ring is 1. The summed E-state index contributed by atoms with van der Waals surface area (Å²) in [6.45, 7) is -0.218. The zero-order valence-corrected chi connectivity index (χ0v) is 17.6. The van der Waals surface area contributed by atoms with Crippen molar-refractivity contribution in [1.29, 1.82) is 0 Å². The molecule has 5 atom stereocenters. The van der Waals surface area contributed by atoms with Gasteiger partial charge in [0.25, 0.3) is 0 Å². The summed E-state index contributed by atoms with van der Waals surface area (Å²) in [6, 6.07) is 15.6. The Morgan fingerprint density at radius 1 is 0.879 bits per heavy atom. The number of aliphatic hydroxyl groups is 5. The Hall–Kier alpha value is -2.96. The number of hydrogen-bond acceptors (Lipinski definition) is 10. The Morgan fingerprint density at radius 2 is 1.42 bits per heavy atom. The van der Waals surface area contributed by atoms with Crippen LogP contribution in [0.1, 0.15) is 11.1 Å². The van der Waals surface area contributed by atoms with Crippen molar-refractivity contribution in [2.45, 2.75) is 36.7 Å². The van der Waals surface area contributed by atoms with Crippen LogP contribution in [0.15, 0.2) is 54.6 Å². The second-order valence-electron chi connectivity index (χ2n) is 7.94. The van der Waals surface area contributed by atoms with Crippen LogP contribution >= 0.6 is 0 Å². The van der Waals surface area contributed by atoms with Crippen LogP contribution in [0.25, 0.3) is 22.5 Å². The lowest BCUT2D eigenvalue weighted by atomic mass is 9.88. The van der Waals surface area contributed by atoms with Gasteiger partial charge in [0.1, 0.15) is 24.4 Å². The molecule has 33 heavy (non-hydrogen) atoms. The SMILES string of the molecule is NCc1ccc(-c2cc(-c3ccc([C@@]4(O)O[C@H](CO)[C@@H](O)[C@@H](O)[C@H]4O)cc3)nc(N)n2)cc1. The van der Waals surface area contributed by atoms with Crippen LogP contribution in [0.3, 0.4) is 0 Å². The third-order valence-electron chi connectivity index (χ3n) is 5.79. The summed E-state index contributed by atoms with van der Waals surface area (Å²) in [5.74, 6) is -2.24. The molecule has 0 saturated carbocycles. The van der Waals surface area contributed by atoms with E-state index >= 15 is 0 Å². The van der Waals surface area contributed by atoms with Gasteiger partial charge in [-0.25, -0.2) is 9.97 Å². The zero-order chi connectivity index (χ0) is 23.8. The van der Waals surface area contributed by atoms with Gasteiger partial charge in [-0.1, -0.05) is 48.5 Å². The molecule has 174 valence electrons. The first kappa shape index (κ1) is 23.2. The largest absolute Gasteiger partial charge is 0.394 e. The lowest BCUT2D eigenvalue weighted by molar-refractivity contribution is -0.357. The third-order valence-corrected chi connectivity index (χ3v) is 5.79. The van der Waals surface area contributed by atoms with E-state index < -0.39 is 36.8 Å². The Labute approximate surface area is 189 Å². The van der Waals surface area contributed by atoms with E-state index in [4.69, 9.17) is 16.2 Å². The lowest BCUT2D eigenvalue weighted by Gasteiger charge is -2.45. The van der Waals surface area contributed by atoms with Crippen LogP contribution < -0.4 is 11.5 Å². The van der Waals surface area contributed by atoms with E-state index in [-0.39, 0.29) is 11.5 Å². The second-order valence-corrected chi connectivity index (χ2v) is 7.94. The van der Waals surface area contributed by atoms with Crippen molar-refractivity contribution in [3.8, 4) is 22.5 Å². The molecule has 1 aliphatic rings. The smallest absolute Gasteiger partial charge is 0.222 e. The molecule has 10 heteroatoms. The minimum atomic E-state index is -2.33. The van der Waals surface area contributed by atoms with E-state index in [0.29, 0.717) is 23.5 Å². The molecule has 2 heterocycles. The van der Waals surface area contributed by atoms with Crippen LogP contribution in [0.5, 0.6) is 0 Å². The van der Waals surface area contributed by atoms with Crippen molar-refractivity contribution in [2.24, 2.45) is 5.73 Å². The number of nitrogens with two attached hydrogens (primary N) is 2. The molecule has 2 aromatic carbocycles. The molecule has 10 nitrogen and oxygen atoms in total. The van der Waals surface area contributed by atoms with E-state index in [2.05, 4.69) is 9.97 Å². The normalized spacial score (nSPS) is 27.5. The van der Waals surface area contributed by atoms with Crippen molar-refractivity contribution >= 4 is 5.95 Å². The predicted molar refractivity (Wildman–Crippen MR) is 119 cm³/mol. The number of hydrogen-bond donors (Lipinski definition) is 7. The summed E-state index contributed by atoms with van der Waals surface area (Å²) in [4.78, 5) is 8.58. The maximum atomic E-state index is 10.9. The Kier molecular flexibility index (Phi) is 6.41. The van der Waals surface area contributed by atoms with Gasteiger partial charge in [0.2, 0.25) is 11.7 Å². The van der Waals surface area contributed by atoms with E-state index in [1.54, 1.807) is 18.2 Å². The van der Waals surface area contributed by atoms with Crippen LogP contribution in [-0.2, 0) is 17.1 Å². The first-order valence-electron chi connectivity index (χ1n) is 10.4. The van der Waals surface area contributed by atoms with Gasteiger partial charge in [-0.3, -0.25) is 0 Å². The highest BCUT2D eigenvalue weighted by molar-refractivity contribution is 5.69. The summed E-state index contributed by atoms with van der Waals surface area (Å²) in [7, 11) is 0. The number of ether oxygens (including phenoxy) is 1. The first-order chi connectivity index (χ1) is 15.8. The van der Waals surface area contributed by atoms with Crippen LogP contribution in [-0.4, -0.2) is 66.5 Å². The Balaban J connectivity index is 1.65. The summed E-state index contributed by atoms with van der Waals surface area (Å²) in [6.07, 6.45) is -6.37. The molecule has 3 aromatic rings. The molecule has 0 aliphatic carbocycles. The lowest BCUT2D eigenvalue weighted by Crippen LogP contribution is -2.63. The Bertz CT molecular complexity index is 1110. The highest BCUT2D eigenvalue weighted by Crippen LogP contribution is 2.37. The van der Waals surface area contributed by atoms with Crippen LogP contribution in [0.2, 0.25) is 0 Å². The summed E-state index contributed by atoms with van der Waals surface area (Å²) in [5, 5.41) is 50.7. The summed E-state index contributed by atoms with van der Waals surface area (Å²) >= 11 is 0. The topological polar surface area (TPSA) is 188 Å². The molecule has 0 radical (unpaired) electrons. The van der Waals surface area contributed by atoms with Crippen molar-refractivity contribution < 1.29 is 30.3 Å². The molecular weight excluding hydrogens is 428 g/mol. The number of nitrogens with zero attached hydrogens (tertiary/aromatic N) is 2. The molecular formula is C23H26N4O6. The first-order valence-corrected chi connectivity index (χ1v) is 10.4. The number of benzene rings is 2. The van der Waals surface area contributed by atoms with Crippen molar-refractivity contribution in [2.75, 3.05) is 12.3 Å².